The van der Waals surface area contributed by atoms with Crippen LogP contribution < -0.4 is 10.7 Å². The van der Waals surface area contributed by atoms with E-state index >= 15 is 0 Å². The number of methoxy groups -OCH3 is 1. The molecule has 0 aliphatic carbocycles. The predicted molar refractivity (Wildman–Crippen MR) is 216 cm³/mol. The van der Waals surface area contributed by atoms with E-state index in [-0.39, 0.29) is 31.0 Å². The Labute approximate surface area is 333 Å². The van der Waals surface area contributed by atoms with Crippen molar-refractivity contribution in [3.05, 3.63) is 58.9 Å². The summed E-state index contributed by atoms with van der Waals surface area (Å²) >= 11 is 1.48. The Bertz CT molecular complexity index is 2110. The van der Waals surface area contributed by atoms with Crippen molar-refractivity contribution in [2.24, 2.45) is 11.3 Å². The van der Waals surface area contributed by atoms with E-state index in [0.717, 1.165) is 44.0 Å². The number of amides is 3. The summed E-state index contributed by atoms with van der Waals surface area (Å²) in [6, 6.07) is 7.88. The molecule has 1 fully saturated rings. The topological polar surface area (TPSA) is 148 Å². The zero-order valence-electron chi connectivity index (χ0n) is 34.0. The van der Waals surface area contributed by atoms with E-state index in [1.165, 1.54) is 28.2 Å². The Balaban J connectivity index is 1.48. The normalized spacial score (nSPS) is 20.0. The van der Waals surface area contributed by atoms with E-state index in [1.807, 2.05) is 32.2 Å². The Morgan fingerprint density at radius 3 is 2.66 bits per heavy atom. The highest BCUT2D eigenvalue weighted by atomic mass is 32.1. The minimum absolute atomic E-state index is 0.114. The summed E-state index contributed by atoms with van der Waals surface area (Å²) < 4.78 is 14.2. The van der Waals surface area contributed by atoms with Crippen LogP contribution in [0.4, 0.5) is 0 Å². The van der Waals surface area contributed by atoms with Crippen molar-refractivity contribution in [1.82, 2.24) is 35.2 Å². The van der Waals surface area contributed by atoms with Gasteiger partial charge in [-0.2, -0.15) is 0 Å². The molecule has 4 atom stereocenters. The molecule has 1 aromatic carbocycles. The number of likely N-dealkylation sites (N-methyl/N-ethyl adjacent to an activating group) is 1. The second kappa shape index (κ2) is 16.8. The molecule has 2 aliphatic rings. The van der Waals surface area contributed by atoms with Crippen LogP contribution in [0.5, 0.6) is 0 Å². The number of hydrogen-bond donors (Lipinski definition) is 2. The van der Waals surface area contributed by atoms with Crippen LogP contribution in [0.25, 0.3) is 32.7 Å². The number of fused-ring (bicyclic) bond motifs is 6. The van der Waals surface area contributed by atoms with E-state index in [1.54, 1.807) is 20.4 Å². The van der Waals surface area contributed by atoms with Crippen LogP contribution in [0.1, 0.15) is 84.4 Å². The van der Waals surface area contributed by atoms with Gasteiger partial charge < -0.3 is 24.3 Å². The van der Waals surface area contributed by atoms with E-state index in [2.05, 4.69) is 60.3 Å². The SMILES string of the molecule is CCn1c(-c2cccnc2C(C)OC)c2c3cc(ccc31)-c1nc(cs1)CC(NC(=O)C(C(C)C)N(C)C(C)=O)C(=O)N1CCC[C@H](N1)C(=O)OCC(C)(C)C2. The molecule has 3 aromatic heterocycles. The van der Waals surface area contributed by atoms with E-state index in [4.69, 9.17) is 19.4 Å². The number of nitrogens with one attached hydrogen (secondary N) is 2. The van der Waals surface area contributed by atoms with Crippen molar-refractivity contribution in [1.29, 1.82) is 0 Å². The average Bonchev–Trinajstić information content (AvgIpc) is 3.77. The van der Waals surface area contributed by atoms with Crippen LogP contribution >= 0.6 is 11.3 Å². The summed E-state index contributed by atoms with van der Waals surface area (Å²) in [5.41, 5.74) is 9.26. The van der Waals surface area contributed by atoms with Gasteiger partial charge in [-0.3, -0.25) is 29.2 Å². The van der Waals surface area contributed by atoms with Crippen molar-refractivity contribution >= 4 is 45.9 Å². The molecule has 6 bridgehead atoms. The summed E-state index contributed by atoms with van der Waals surface area (Å²) in [6.45, 7) is 14.7. The maximum Gasteiger partial charge on any atom is 0.324 e. The average molecular weight is 786 g/mol. The number of pyridine rings is 1. The van der Waals surface area contributed by atoms with Gasteiger partial charge in [-0.25, -0.2) is 10.4 Å². The standard InChI is InChI=1S/C42H55N7O6S/c1-10-48-34-16-15-27-19-30(34)31(37(48)29-13-11-17-43-35(29)25(4)54-9)21-42(6,7)23-55-41(53)32-14-12-18-49(46-32)40(52)33(20-28-22-56-39(27)44-28)45-38(51)36(24(2)3)47(8)26(5)50/h11,13,15-17,19,22,24-25,32-33,36,46H,10,12,14,18,20-21,23H2,1-9H3,(H,45,51)/t25?,32-,33?,36?/m0/s1. The summed E-state index contributed by atoms with van der Waals surface area (Å²) in [4.78, 5) is 65.4. The number of rotatable bonds is 8. The van der Waals surface area contributed by atoms with Crippen LogP contribution in [-0.2, 0) is 48.0 Å². The second-order valence-electron chi connectivity index (χ2n) is 16.1. The summed E-state index contributed by atoms with van der Waals surface area (Å²) in [5.74, 6) is -1.73. The largest absolute Gasteiger partial charge is 0.464 e. The zero-order chi connectivity index (χ0) is 40.5. The lowest BCUT2D eigenvalue weighted by Crippen LogP contribution is -2.62. The molecule has 0 spiro atoms. The number of cyclic esters (lactones) is 1. The molecule has 4 aromatic rings. The molecule has 56 heavy (non-hydrogen) atoms. The van der Waals surface area contributed by atoms with Crippen molar-refractivity contribution in [2.45, 2.75) is 105 Å². The molecule has 0 radical (unpaired) electrons. The number of aromatic nitrogens is 3. The Morgan fingerprint density at radius 2 is 1.96 bits per heavy atom. The van der Waals surface area contributed by atoms with Gasteiger partial charge >= 0.3 is 5.97 Å². The number of carbonyl (C=O) groups excluding carboxylic acids is 4. The van der Waals surface area contributed by atoms with Crippen LogP contribution in [0.2, 0.25) is 0 Å². The van der Waals surface area contributed by atoms with Gasteiger partial charge in [-0.15, -0.1) is 11.3 Å². The third kappa shape index (κ3) is 8.37. The van der Waals surface area contributed by atoms with Crippen LogP contribution in [0.15, 0.2) is 41.9 Å². The second-order valence-corrected chi connectivity index (χ2v) is 17.0. The highest BCUT2D eigenvalue weighted by Gasteiger charge is 2.37. The third-order valence-electron chi connectivity index (χ3n) is 11.0. The van der Waals surface area contributed by atoms with Gasteiger partial charge in [0.05, 0.1) is 29.8 Å². The minimum atomic E-state index is -1.02. The predicted octanol–water partition coefficient (Wildman–Crippen LogP) is 5.71. The molecule has 5 heterocycles. The van der Waals surface area contributed by atoms with Gasteiger partial charge in [0.15, 0.2) is 0 Å². The van der Waals surface area contributed by atoms with Gasteiger partial charge in [0.1, 0.15) is 23.1 Å². The molecule has 2 N–H and O–H groups in total. The smallest absolute Gasteiger partial charge is 0.324 e. The van der Waals surface area contributed by atoms with Crippen molar-refractivity contribution < 1.29 is 28.7 Å². The zero-order valence-corrected chi connectivity index (χ0v) is 34.8. The van der Waals surface area contributed by atoms with Gasteiger partial charge in [-0.05, 0) is 74.9 Å². The van der Waals surface area contributed by atoms with Gasteiger partial charge in [0, 0.05) is 79.6 Å². The summed E-state index contributed by atoms with van der Waals surface area (Å²) in [6.07, 6.45) is 3.32. The highest BCUT2D eigenvalue weighted by Crippen LogP contribution is 2.42. The fourth-order valence-corrected chi connectivity index (χ4v) is 8.78. The van der Waals surface area contributed by atoms with Crippen molar-refractivity contribution in [3.8, 4) is 21.8 Å². The minimum Gasteiger partial charge on any atom is -0.464 e. The number of carbonyl (C=O) groups is 4. The fraction of sp³-hybridized carbons (Fsp3) is 0.524. The number of benzene rings is 1. The number of hydrogen-bond acceptors (Lipinski definition) is 10. The first kappa shape index (κ1) is 41.0. The van der Waals surface area contributed by atoms with E-state index in [0.29, 0.717) is 38.0 Å². The molecule has 300 valence electrons. The number of esters is 1. The summed E-state index contributed by atoms with van der Waals surface area (Å²) in [5, 5.41) is 8.16. The maximum atomic E-state index is 14.3. The first-order chi connectivity index (χ1) is 26.6. The molecular formula is C42H55N7O6S. The van der Waals surface area contributed by atoms with Crippen LogP contribution in [0, 0.1) is 11.3 Å². The lowest BCUT2D eigenvalue weighted by Gasteiger charge is -2.36. The Kier molecular flexibility index (Phi) is 12.3. The number of aryl methyl sites for hydroxylation is 1. The van der Waals surface area contributed by atoms with Gasteiger partial charge in [0.2, 0.25) is 11.8 Å². The maximum absolute atomic E-state index is 14.3. The fourth-order valence-electron chi connectivity index (χ4n) is 7.95. The van der Waals surface area contributed by atoms with Crippen molar-refractivity contribution in [3.63, 3.8) is 0 Å². The van der Waals surface area contributed by atoms with Gasteiger partial charge in [0.25, 0.3) is 5.91 Å². The lowest BCUT2D eigenvalue weighted by molar-refractivity contribution is -0.155. The monoisotopic (exact) mass is 785 g/mol. The molecule has 3 amide bonds. The molecule has 13 nitrogen and oxygen atoms in total. The van der Waals surface area contributed by atoms with Gasteiger partial charge in [-0.1, -0.05) is 27.7 Å². The first-order valence-corrected chi connectivity index (χ1v) is 20.4. The quantitative estimate of drug-likeness (QED) is 0.215. The molecule has 0 saturated carbocycles. The highest BCUT2D eigenvalue weighted by molar-refractivity contribution is 7.13. The van der Waals surface area contributed by atoms with Crippen molar-refractivity contribution in [2.75, 3.05) is 27.3 Å². The number of ether oxygens (including phenoxy) is 2. The molecular weight excluding hydrogens is 731 g/mol. The Hall–Kier alpha value is -4.66. The van der Waals surface area contributed by atoms with Crippen LogP contribution in [-0.4, -0.2) is 93.6 Å². The summed E-state index contributed by atoms with van der Waals surface area (Å²) in [7, 11) is 3.27. The molecule has 1 saturated heterocycles. The lowest BCUT2D eigenvalue weighted by atomic mass is 9.84. The molecule has 6 rings (SSSR count). The third-order valence-corrected chi connectivity index (χ3v) is 11.9. The number of hydrazine groups is 1. The molecule has 14 heteroatoms. The van der Waals surface area contributed by atoms with E-state index in [9.17, 15) is 19.2 Å². The Morgan fingerprint density at radius 1 is 1.20 bits per heavy atom. The molecule has 3 unspecified atom stereocenters. The van der Waals surface area contributed by atoms with E-state index < -0.39 is 41.3 Å². The number of nitrogens with zero attached hydrogens (tertiary/aromatic N) is 5. The molecule has 2 aliphatic heterocycles. The first-order valence-electron chi connectivity index (χ1n) is 19.5. The number of thiazole rings is 1. The van der Waals surface area contributed by atoms with Crippen LogP contribution in [0.3, 0.4) is 0 Å².